The van der Waals surface area contributed by atoms with Crippen molar-refractivity contribution in [3.05, 3.63) is 289 Å². The van der Waals surface area contributed by atoms with E-state index in [4.69, 9.17) is 54.3 Å². The van der Waals surface area contributed by atoms with Crippen LogP contribution in [0.5, 0.6) is 28.7 Å². The van der Waals surface area contributed by atoms with Crippen LogP contribution in [0.15, 0.2) is 194 Å². The van der Waals surface area contributed by atoms with E-state index in [-0.39, 0.29) is 37.9 Å². The second-order valence-corrected chi connectivity index (χ2v) is 45.4. The van der Waals surface area contributed by atoms with Crippen LogP contribution in [-0.4, -0.2) is 46.8 Å². The van der Waals surface area contributed by atoms with Gasteiger partial charge >= 0.3 is 34.4 Å². The van der Waals surface area contributed by atoms with E-state index in [2.05, 4.69) is 360 Å². The van der Waals surface area contributed by atoms with Gasteiger partial charge in [0.1, 0.15) is 28.7 Å². The third-order valence-electron chi connectivity index (χ3n) is 24.6. The van der Waals surface area contributed by atoms with Crippen LogP contribution in [0.4, 0.5) is 0 Å². The zero-order valence-electron chi connectivity index (χ0n) is 78.9. The predicted molar refractivity (Wildman–Crippen MR) is 514 cm³/mol. The van der Waals surface area contributed by atoms with Gasteiger partial charge in [-0.05, 0) is 177 Å². The minimum Gasteiger partial charge on any atom is -0.426 e. The Morgan fingerprint density at radius 1 is 0.374 bits per heavy atom. The molecular weight excluding hydrogens is 1600 g/mol. The van der Waals surface area contributed by atoms with Crippen LogP contribution in [0.3, 0.4) is 0 Å². The Kier molecular flexibility index (Phi) is 33.2. The Morgan fingerprint density at radius 2 is 0.780 bits per heavy atom. The van der Waals surface area contributed by atoms with Crippen molar-refractivity contribution >= 4 is 34.4 Å². The summed E-state index contributed by atoms with van der Waals surface area (Å²) in [5.41, 5.74) is 20.1. The van der Waals surface area contributed by atoms with Crippen LogP contribution >= 0.6 is 34.4 Å². The lowest BCUT2D eigenvalue weighted by molar-refractivity contribution is -0.0673. The predicted octanol–water partition coefficient (Wildman–Crippen LogP) is 30.5. The average molecular weight is 1750 g/mol. The van der Waals surface area contributed by atoms with Crippen molar-refractivity contribution < 1.29 is 54.3 Å². The minimum atomic E-state index is -1.66. The average Bonchev–Trinajstić information content (AvgIpc) is 0.788. The Labute approximate surface area is 746 Å². The Morgan fingerprint density at radius 3 is 1.24 bits per heavy atom. The van der Waals surface area contributed by atoms with Crippen LogP contribution in [0.25, 0.3) is 0 Å². The molecule has 0 aliphatic carbocycles. The van der Waals surface area contributed by atoms with Gasteiger partial charge in [0.25, 0.3) is 0 Å². The number of unbranched alkanes of at least 4 members (excludes halogenated alkanes) is 1. The molecule has 0 radical (unpaired) electrons. The van der Waals surface area contributed by atoms with E-state index >= 15 is 0 Å². The van der Waals surface area contributed by atoms with Crippen LogP contribution in [0.1, 0.15) is 286 Å². The lowest BCUT2D eigenvalue weighted by Crippen LogP contribution is -2.45. The van der Waals surface area contributed by atoms with Gasteiger partial charge in [0.15, 0.2) is 0 Å². The second kappa shape index (κ2) is 42.1. The van der Waals surface area contributed by atoms with E-state index in [0.29, 0.717) is 44.2 Å². The number of fused-ring (bicyclic) bond motifs is 2. The van der Waals surface area contributed by atoms with Crippen LogP contribution in [-0.2, 0) is 103 Å². The Hall–Kier alpha value is -6.58. The molecule has 0 bridgehead atoms. The number of hydrogen-bond donors (Lipinski definition) is 0. The number of rotatable bonds is 27. The summed E-state index contributed by atoms with van der Waals surface area (Å²) in [7, 11) is -4.50. The van der Waals surface area contributed by atoms with Crippen molar-refractivity contribution in [2.75, 3.05) is 46.8 Å². The summed E-state index contributed by atoms with van der Waals surface area (Å²) < 4.78 is 76.1. The first-order valence-electron chi connectivity index (χ1n) is 45.1. The molecule has 3 fully saturated rings. The van der Waals surface area contributed by atoms with E-state index in [1.807, 2.05) is 0 Å². The van der Waals surface area contributed by atoms with E-state index in [1.165, 1.54) is 90.7 Å². The Bertz CT molecular complexity index is 4810. The molecule has 0 saturated carbocycles. The molecule has 16 heteroatoms. The number of benzene rings is 9. The highest BCUT2D eigenvalue weighted by Crippen LogP contribution is 2.58. The molecule has 0 amide bonds. The monoisotopic (exact) mass is 1740 g/mol. The summed E-state index contributed by atoms with van der Waals surface area (Å²) >= 11 is 0. The van der Waals surface area contributed by atoms with Crippen molar-refractivity contribution in [3.8, 4) is 28.7 Å². The van der Waals surface area contributed by atoms with Gasteiger partial charge < -0.3 is 49.8 Å². The van der Waals surface area contributed by atoms with Gasteiger partial charge in [-0.25, -0.2) is 0 Å². The molecule has 13 rings (SSSR count). The topological polar surface area (TPSA) is 111 Å². The summed E-state index contributed by atoms with van der Waals surface area (Å²) in [5, 5.41) is 0. The molecular formula is C107H144O12P4. The first-order chi connectivity index (χ1) is 58.2. The van der Waals surface area contributed by atoms with E-state index in [9.17, 15) is 0 Å². The van der Waals surface area contributed by atoms with Gasteiger partial charge in [-0.1, -0.05) is 354 Å². The molecule has 9 aromatic rings. The molecule has 1 unspecified atom stereocenters. The van der Waals surface area contributed by atoms with Crippen LogP contribution in [0, 0.1) is 35.5 Å². The van der Waals surface area contributed by atoms with Crippen molar-refractivity contribution in [1.82, 2.24) is 0 Å². The highest BCUT2D eigenvalue weighted by molar-refractivity contribution is 7.43. The van der Waals surface area contributed by atoms with Gasteiger partial charge in [-0.2, -0.15) is 0 Å². The van der Waals surface area contributed by atoms with E-state index in [1.54, 1.807) is 7.11 Å². The highest BCUT2D eigenvalue weighted by atomic mass is 31.2. The zero-order chi connectivity index (χ0) is 88.9. The number of aryl methyl sites for hydroxylation is 3. The fourth-order valence-electron chi connectivity index (χ4n) is 16.8. The maximum Gasteiger partial charge on any atom is 0.462 e. The fourth-order valence-corrected chi connectivity index (χ4v) is 21.6. The van der Waals surface area contributed by atoms with E-state index < -0.39 is 39.8 Å². The lowest BCUT2D eigenvalue weighted by Gasteiger charge is -2.41. The zero-order valence-corrected chi connectivity index (χ0v) is 82.5. The molecule has 9 aromatic carbocycles. The third kappa shape index (κ3) is 25.5. The normalized spacial score (nSPS) is 19.6. The SMILES string of the molecule is CC(C)(c1ccccc1)c1ccc(OP2OCC3(CO2)COP(Oc2ccc(C(C)(C)c4ccccc4)cc2C(C)(C)c2ccccc2)OC3)c(CCCc2ccccc2)c1.CCCCC1(CC)COP(Oc2c(C(C)(C)C)cc(CC(C)C)cc2C(C)(C)C)OC1.COP1Oc2c(C)cc(CC(C)C)cc2Cc2cc(CC(C)C)cc(C(C)(C)C)c2O1. The molecule has 0 aromatic heterocycles. The molecule has 1 atom stereocenters. The number of hydrogen-bond acceptors (Lipinski definition) is 12. The maximum absolute atomic E-state index is 6.66. The second-order valence-electron chi connectivity index (χ2n) is 40.8. The molecule has 3 saturated heterocycles. The summed E-state index contributed by atoms with van der Waals surface area (Å²) in [5.74, 6) is 6.22. The van der Waals surface area contributed by atoms with Gasteiger partial charge in [0.2, 0.25) is 0 Å². The molecule has 123 heavy (non-hydrogen) atoms. The molecule has 0 N–H and O–H groups in total. The summed E-state index contributed by atoms with van der Waals surface area (Å²) in [6.07, 6.45) is 11.5. The van der Waals surface area contributed by atoms with Crippen molar-refractivity contribution in [2.24, 2.45) is 28.6 Å². The molecule has 4 aliphatic rings. The summed E-state index contributed by atoms with van der Waals surface area (Å²) in [6.45, 7) is 57.3. The largest absolute Gasteiger partial charge is 0.462 e. The summed E-state index contributed by atoms with van der Waals surface area (Å²) in [4.78, 5) is 0. The molecule has 4 aliphatic heterocycles. The van der Waals surface area contributed by atoms with Crippen LogP contribution in [0.2, 0.25) is 0 Å². The third-order valence-corrected chi connectivity index (χ3v) is 28.6. The quantitative estimate of drug-likeness (QED) is 0.0457. The minimum absolute atomic E-state index is 0.0260. The Balaban J connectivity index is 0.000000200. The smallest absolute Gasteiger partial charge is 0.426 e. The lowest BCUT2D eigenvalue weighted by atomic mass is 9.73. The van der Waals surface area contributed by atoms with Crippen molar-refractivity contribution in [3.63, 3.8) is 0 Å². The standard InChI is InChI=1S/C53H58O6P2.C27H39O3P.C27H47O3P/c1-50(2,42-24-13-8-14-25-42)45-30-32-48(41(34-45)23-19-22-40-20-11-7-12-21-40)58-60-54-36-53(37-55-60)38-56-61(57-39-53)59-49-33-31-46(51(3,4)43-26-15-9-16-27-43)35-47(49)52(5,6)44-28-17-10-18-29-44;1-17(2)10-20-12-19(5)25-22(13-20)16-23-14-21(11-18(3)4)15-24(27(6,7)8)26(23)30-31(28-9)29-25;1-11-13-14-27(12-2)18-28-31(29-19-27)30-24-22(25(5,6)7)16-21(15-20(3)4)17-23(24)26(8,9)10/h7-18,20-21,24-35H,19,22-23,36-39H2,1-6H3;12-15,17-18H,10-11,16H2,1-9H3;16-17,20H,11-15,18-19H2,1-10H3. The van der Waals surface area contributed by atoms with Gasteiger partial charge in [-0.15, -0.1) is 0 Å². The molecule has 664 valence electrons. The van der Waals surface area contributed by atoms with Crippen molar-refractivity contribution in [1.29, 1.82) is 0 Å². The van der Waals surface area contributed by atoms with E-state index in [0.717, 1.165) is 116 Å². The first-order valence-corrected chi connectivity index (χ1v) is 49.5. The van der Waals surface area contributed by atoms with Gasteiger partial charge in [0, 0.05) is 57.4 Å². The van der Waals surface area contributed by atoms with Crippen molar-refractivity contribution in [2.45, 2.75) is 269 Å². The summed E-state index contributed by atoms with van der Waals surface area (Å²) in [6, 6.07) is 69.7. The van der Waals surface area contributed by atoms with Crippen LogP contribution < -0.4 is 22.6 Å². The van der Waals surface area contributed by atoms with Gasteiger partial charge in [0.05, 0.1) is 45.1 Å². The molecule has 12 nitrogen and oxygen atoms in total. The molecule has 4 heterocycles. The van der Waals surface area contributed by atoms with Gasteiger partial charge in [-0.3, -0.25) is 4.52 Å². The maximum atomic E-state index is 6.66. The molecule has 1 spiro atoms. The highest BCUT2D eigenvalue weighted by Gasteiger charge is 2.47. The fraction of sp³-hybridized carbons (Fsp3) is 0.495. The first kappa shape index (κ1) is 97.0.